The maximum absolute atomic E-state index is 14.0. The van der Waals surface area contributed by atoms with E-state index in [0.717, 1.165) is 11.8 Å². The summed E-state index contributed by atoms with van der Waals surface area (Å²) < 4.78 is 62.8. The van der Waals surface area contributed by atoms with E-state index >= 15 is 0 Å². The van der Waals surface area contributed by atoms with Crippen LogP contribution >= 0.6 is 0 Å². The molecule has 1 aromatic heterocycles. The third-order valence-corrected chi connectivity index (χ3v) is 5.09. The number of nitrogens with one attached hydrogen (secondary N) is 1. The molecule has 0 spiro atoms. The number of ether oxygens (including phenoxy) is 3. The first-order chi connectivity index (χ1) is 15.1. The number of hydrogen-bond donors (Lipinski definition) is 2. The lowest BCUT2D eigenvalue weighted by Gasteiger charge is -2.37. The fourth-order valence-corrected chi connectivity index (χ4v) is 3.49. The zero-order chi connectivity index (χ0) is 23.3. The van der Waals surface area contributed by atoms with Crippen molar-refractivity contribution >= 4 is 22.4 Å². The molecule has 0 radical (unpaired) electrons. The molecule has 0 fully saturated rings. The van der Waals surface area contributed by atoms with E-state index in [4.69, 9.17) is 18.6 Å². The fraction of sp³-hybridized carbons (Fsp3) is 0.227. The number of hydrogen-bond acceptors (Lipinski definition) is 7. The van der Waals surface area contributed by atoms with E-state index in [1.54, 1.807) is 24.3 Å². The van der Waals surface area contributed by atoms with E-state index < -0.39 is 29.1 Å². The van der Waals surface area contributed by atoms with Gasteiger partial charge in [0, 0.05) is 11.9 Å². The monoisotopic (exact) mass is 449 g/mol. The number of furan rings is 1. The van der Waals surface area contributed by atoms with Crippen molar-refractivity contribution in [1.82, 2.24) is 0 Å². The molecule has 32 heavy (non-hydrogen) atoms. The summed E-state index contributed by atoms with van der Waals surface area (Å²) in [5, 5.41) is 13.5. The summed E-state index contributed by atoms with van der Waals surface area (Å²) in [4.78, 5) is 13.4. The molecule has 0 unspecified atom stereocenters. The molecule has 0 bridgehead atoms. The number of aliphatic hydroxyl groups is 1. The van der Waals surface area contributed by atoms with Gasteiger partial charge in [-0.25, -0.2) is 0 Å². The Hall–Kier alpha value is -3.66. The van der Waals surface area contributed by atoms with Gasteiger partial charge in [-0.2, -0.15) is 13.2 Å². The topological polar surface area (TPSA) is 90.2 Å². The van der Waals surface area contributed by atoms with Gasteiger partial charge in [-0.1, -0.05) is 17.7 Å². The fourth-order valence-electron chi connectivity index (χ4n) is 3.49. The van der Waals surface area contributed by atoms with Crippen molar-refractivity contribution in [1.29, 1.82) is 0 Å². The lowest BCUT2D eigenvalue weighted by molar-refractivity contribution is -0.315. The molecule has 0 aliphatic carbocycles. The minimum Gasteiger partial charge on any atom is -0.495 e. The number of benzene rings is 2. The van der Waals surface area contributed by atoms with Gasteiger partial charge in [-0.15, -0.1) is 0 Å². The number of rotatable bonds is 4. The number of methoxy groups -OCH3 is 2. The highest BCUT2D eigenvalue weighted by Crippen LogP contribution is 2.54. The maximum atomic E-state index is 14.0. The van der Waals surface area contributed by atoms with Crippen LogP contribution in [0.5, 0.6) is 17.2 Å². The van der Waals surface area contributed by atoms with Gasteiger partial charge in [-0.05, 0) is 25.1 Å². The van der Waals surface area contributed by atoms with E-state index in [2.05, 4.69) is 5.32 Å². The Bertz CT molecular complexity index is 1230. The second-order valence-electron chi connectivity index (χ2n) is 7.08. The van der Waals surface area contributed by atoms with Crippen molar-refractivity contribution in [2.45, 2.75) is 18.9 Å². The third kappa shape index (κ3) is 3.14. The van der Waals surface area contributed by atoms with Gasteiger partial charge in [0.15, 0.2) is 11.3 Å². The predicted molar refractivity (Wildman–Crippen MR) is 108 cm³/mol. The predicted octanol–water partition coefficient (Wildman–Crippen LogP) is 4.58. The molecular formula is C22H18F3NO6. The van der Waals surface area contributed by atoms with Crippen LogP contribution in [-0.2, 0) is 0 Å². The summed E-state index contributed by atoms with van der Waals surface area (Å²) in [5.74, 6) is -6.08. The molecule has 168 valence electrons. The maximum Gasteiger partial charge on any atom is 0.460 e. The molecule has 1 aliphatic rings. The smallest absolute Gasteiger partial charge is 0.460 e. The molecule has 10 heteroatoms. The van der Waals surface area contributed by atoms with Crippen LogP contribution in [-0.4, -0.2) is 37.1 Å². The van der Waals surface area contributed by atoms with E-state index in [1.165, 1.54) is 26.5 Å². The highest BCUT2D eigenvalue weighted by atomic mass is 19.4. The second kappa shape index (κ2) is 7.49. The standard InChI is InChI=1S/C22H18F3NO6/c1-11-4-6-12(7-5-11)26-10-14-16(27)15-17(29-2)13-8-9-31-18(13)20(30-3)19(15)32-21(14,28)22(23,24)25/h4-10,26,28H,1-3H3/t21-/m1/s1. The quantitative estimate of drug-likeness (QED) is 0.564. The number of aryl methyl sites for hydroxylation is 1. The number of Topliss-reactive ketones (excluding diaryl/α,β-unsaturated/α-hetero) is 1. The number of alkyl halides is 3. The molecule has 0 amide bonds. The minimum atomic E-state index is -5.36. The number of carbonyl (C=O) groups is 1. The summed E-state index contributed by atoms with van der Waals surface area (Å²) in [6.07, 6.45) is -3.33. The second-order valence-corrected chi connectivity index (χ2v) is 7.08. The first-order valence-electron chi connectivity index (χ1n) is 9.34. The molecule has 4 rings (SSSR count). The Balaban J connectivity index is 1.95. The van der Waals surface area contributed by atoms with Gasteiger partial charge >= 0.3 is 12.0 Å². The number of ketones is 1. The van der Waals surface area contributed by atoms with Gasteiger partial charge < -0.3 is 29.1 Å². The number of carbonyl (C=O) groups excluding carboxylic acids is 1. The molecular weight excluding hydrogens is 431 g/mol. The van der Waals surface area contributed by atoms with Crippen molar-refractivity contribution in [2.24, 2.45) is 0 Å². The van der Waals surface area contributed by atoms with E-state index in [0.29, 0.717) is 11.1 Å². The summed E-state index contributed by atoms with van der Waals surface area (Å²) in [6, 6.07) is 8.16. The normalized spacial score (nSPS) is 19.6. The first-order valence-corrected chi connectivity index (χ1v) is 9.34. The van der Waals surface area contributed by atoms with E-state index in [9.17, 15) is 23.1 Å². The highest BCUT2D eigenvalue weighted by molar-refractivity contribution is 6.18. The highest BCUT2D eigenvalue weighted by Gasteiger charge is 2.64. The molecule has 2 heterocycles. The van der Waals surface area contributed by atoms with Crippen LogP contribution in [0, 0.1) is 6.92 Å². The zero-order valence-corrected chi connectivity index (χ0v) is 17.2. The lowest BCUT2D eigenvalue weighted by Crippen LogP contribution is -2.56. The van der Waals surface area contributed by atoms with Crippen LogP contribution in [0.15, 0.2) is 52.8 Å². The largest absolute Gasteiger partial charge is 0.495 e. The van der Waals surface area contributed by atoms with Crippen molar-refractivity contribution in [3.63, 3.8) is 0 Å². The van der Waals surface area contributed by atoms with Crippen LogP contribution in [0.2, 0.25) is 0 Å². The zero-order valence-electron chi connectivity index (χ0n) is 17.2. The van der Waals surface area contributed by atoms with Crippen molar-refractivity contribution in [3.05, 3.63) is 59.5 Å². The van der Waals surface area contributed by atoms with Crippen molar-refractivity contribution in [2.75, 3.05) is 19.5 Å². The minimum absolute atomic E-state index is 0.00522. The molecule has 1 atom stereocenters. The van der Waals surface area contributed by atoms with Crippen LogP contribution in [0.1, 0.15) is 15.9 Å². The summed E-state index contributed by atoms with van der Waals surface area (Å²) in [7, 11) is 2.43. The number of anilines is 1. The summed E-state index contributed by atoms with van der Waals surface area (Å²) in [6.45, 7) is 1.84. The van der Waals surface area contributed by atoms with Crippen molar-refractivity contribution < 1.29 is 41.7 Å². The molecule has 1 aliphatic heterocycles. The lowest BCUT2D eigenvalue weighted by atomic mass is 9.90. The molecule has 0 saturated carbocycles. The molecule has 2 aromatic carbocycles. The van der Waals surface area contributed by atoms with Gasteiger partial charge in [0.05, 0.1) is 31.4 Å². The average molecular weight is 449 g/mol. The van der Waals surface area contributed by atoms with Crippen LogP contribution in [0.25, 0.3) is 11.0 Å². The Morgan fingerprint density at radius 1 is 1.09 bits per heavy atom. The molecule has 0 saturated heterocycles. The Kier molecular flexibility index (Phi) is 5.04. The third-order valence-electron chi connectivity index (χ3n) is 5.09. The van der Waals surface area contributed by atoms with E-state index in [-0.39, 0.29) is 22.6 Å². The Labute approximate surface area is 180 Å². The van der Waals surface area contributed by atoms with Crippen molar-refractivity contribution in [3.8, 4) is 17.2 Å². The molecule has 2 N–H and O–H groups in total. The Morgan fingerprint density at radius 2 is 1.75 bits per heavy atom. The van der Waals surface area contributed by atoms with Gasteiger partial charge in [0.25, 0.3) is 0 Å². The first kappa shape index (κ1) is 21.6. The number of halogens is 3. The molecule has 3 aromatic rings. The average Bonchev–Trinajstić information content (AvgIpc) is 3.22. The summed E-state index contributed by atoms with van der Waals surface area (Å²) in [5.41, 5.74) is -0.0564. The van der Waals surface area contributed by atoms with Gasteiger partial charge in [-0.3, -0.25) is 4.79 Å². The summed E-state index contributed by atoms with van der Waals surface area (Å²) >= 11 is 0. The molecule has 7 nitrogen and oxygen atoms in total. The SMILES string of the molecule is COc1c2c(c(OC)c3occc13)O[C@@](O)(C(F)(F)F)C(=CNc1ccc(C)cc1)C2=O. The number of fused-ring (bicyclic) bond motifs is 2. The van der Waals surface area contributed by atoms with Crippen LogP contribution < -0.4 is 19.5 Å². The Morgan fingerprint density at radius 3 is 2.34 bits per heavy atom. The van der Waals surface area contributed by atoms with Crippen LogP contribution in [0.3, 0.4) is 0 Å². The van der Waals surface area contributed by atoms with Gasteiger partial charge in [0.2, 0.25) is 11.5 Å². The van der Waals surface area contributed by atoms with E-state index in [1.807, 2.05) is 6.92 Å². The van der Waals surface area contributed by atoms with Gasteiger partial charge in [0.1, 0.15) is 11.3 Å². The van der Waals surface area contributed by atoms with Crippen LogP contribution in [0.4, 0.5) is 18.9 Å².